The number of ether oxygens (including phenoxy) is 1. The molecule has 29 heavy (non-hydrogen) atoms. The van der Waals surface area contributed by atoms with Gasteiger partial charge in [-0.1, -0.05) is 23.7 Å². The van der Waals surface area contributed by atoms with Gasteiger partial charge in [0.15, 0.2) is 6.61 Å². The largest absolute Gasteiger partial charge is 0.452 e. The Hall–Kier alpha value is -3.30. The molecule has 0 aliphatic heterocycles. The predicted molar refractivity (Wildman–Crippen MR) is 109 cm³/mol. The average molecular weight is 432 g/mol. The van der Waals surface area contributed by atoms with E-state index in [1.54, 1.807) is 18.2 Å². The van der Waals surface area contributed by atoms with Gasteiger partial charge in [-0.2, -0.15) is 0 Å². The zero-order valence-corrected chi connectivity index (χ0v) is 16.6. The number of hydrogen-bond acceptors (Lipinski definition) is 7. The number of esters is 1. The van der Waals surface area contributed by atoms with Crippen molar-refractivity contribution in [2.24, 2.45) is 0 Å². The van der Waals surface area contributed by atoms with Crippen LogP contribution in [-0.2, 0) is 9.53 Å². The second kappa shape index (κ2) is 8.80. The maximum Gasteiger partial charge on any atom is 0.340 e. The maximum atomic E-state index is 12.1. The number of nitrogens with one attached hydrogen (secondary N) is 1. The molecule has 1 heterocycles. The zero-order valence-electron chi connectivity index (χ0n) is 15.0. The van der Waals surface area contributed by atoms with Crippen molar-refractivity contribution in [2.45, 2.75) is 6.92 Å². The molecule has 0 bridgehead atoms. The molecule has 0 atom stereocenters. The number of benzene rings is 2. The van der Waals surface area contributed by atoms with Gasteiger partial charge < -0.3 is 10.1 Å². The number of nitrogens with zero attached hydrogens (tertiary/aromatic N) is 2. The summed E-state index contributed by atoms with van der Waals surface area (Å²) < 4.78 is 4.95. The van der Waals surface area contributed by atoms with Crippen LogP contribution in [0.1, 0.15) is 15.4 Å². The van der Waals surface area contributed by atoms with Gasteiger partial charge in [-0.05, 0) is 25.1 Å². The molecule has 0 aliphatic carbocycles. The Balaban J connectivity index is 1.60. The van der Waals surface area contributed by atoms with Gasteiger partial charge in [0.05, 0.1) is 26.2 Å². The van der Waals surface area contributed by atoms with Crippen LogP contribution in [-0.4, -0.2) is 28.4 Å². The second-order valence-corrected chi connectivity index (χ2v) is 7.35. The number of halogens is 1. The number of carbonyl (C=O) groups excluding carboxylic acids is 2. The molecule has 148 valence electrons. The van der Waals surface area contributed by atoms with Crippen LogP contribution in [0.2, 0.25) is 5.02 Å². The Morgan fingerprint density at radius 2 is 2.07 bits per heavy atom. The van der Waals surface area contributed by atoms with E-state index >= 15 is 0 Å². The summed E-state index contributed by atoms with van der Waals surface area (Å²) >= 11 is 7.41. The van der Waals surface area contributed by atoms with Crippen LogP contribution in [0.3, 0.4) is 0 Å². The lowest BCUT2D eigenvalue weighted by molar-refractivity contribution is -0.384. The zero-order chi connectivity index (χ0) is 21.0. The third-order valence-corrected chi connectivity index (χ3v) is 4.87. The number of aryl methyl sites for hydroxylation is 1. The Morgan fingerprint density at radius 3 is 2.72 bits per heavy atom. The van der Waals surface area contributed by atoms with Crippen molar-refractivity contribution in [1.82, 2.24) is 4.98 Å². The molecule has 1 N–H and O–H groups in total. The van der Waals surface area contributed by atoms with Crippen LogP contribution in [0.15, 0.2) is 47.8 Å². The molecule has 8 nitrogen and oxygen atoms in total. The Kier molecular flexibility index (Phi) is 6.20. The van der Waals surface area contributed by atoms with Crippen molar-refractivity contribution < 1.29 is 19.2 Å². The summed E-state index contributed by atoms with van der Waals surface area (Å²) in [5, 5.41) is 16.1. The fraction of sp³-hybridized carbons (Fsp3) is 0.105. The fourth-order valence-corrected chi connectivity index (χ4v) is 3.32. The number of carbonyl (C=O) groups is 2. The SMILES string of the molecule is Cc1nc(-c2cccc(NC(=O)COC(=O)c3ccc([N+](=O)[O-])cc3Cl)c2)cs1. The molecule has 2 aromatic carbocycles. The predicted octanol–water partition coefficient (Wildman–Crippen LogP) is 4.48. The standard InChI is InChI=1S/C19H14ClN3O5S/c1-11-21-17(10-29-11)12-3-2-4-13(7-12)22-18(24)9-28-19(25)15-6-5-14(23(26)27)8-16(15)20/h2-8,10H,9H2,1H3,(H,22,24). The van der Waals surface area contributed by atoms with Gasteiger partial charge in [0.2, 0.25) is 0 Å². The lowest BCUT2D eigenvalue weighted by atomic mass is 10.1. The molecule has 0 radical (unpaired) electrons. The topological polar surface area (TPSA) is 111 Å². The second-order valence-electron chi connectivity index (χ2n) is 5.88. The third-order valence-electron chi connectivity index (χ3n) is 3.78. The van der Waals surface area contributed by atoms with E-state index in [-0.39, 0.29) is 16.3 Å². The first kappa shape index (κ1) is 20.4. The van der Waals surface area contributed by atoms with Crippen molar-refractivity contribution in [3.63, 3.8) is 0 Å². The molecular weight excluding hydrogens is 418 g/mol. The molecule has 0 fully saturated rings. The molecule has 3 aromatic rings. The molecule has 0 aliphatic rings. The first-order chi connectivity index (χ1) is 13.8. The van der Waals surface area contributed by atoms with Crippen LogP contribution in [0.5, 0.6) is 0 Å². The fourth-order valence-electron chi connectivity index (χ4n) is 2.44. The van der Waals surface area contributed by atoms with Gasteiger partial charge in [-0.25, -0.2) is 9.78 Å². The van der Waals surface area contributed by atoms with Crippen LogP contribution in [0, 0.1) is 17.0 Å². The van der Waals surface area contributed by atoms with Crippen LogP contribution >= 0.6 is 22.9 Å². The smallest absolute Gasteiger partial charge is 0.340 e. The molecule has 0 unspecified atom stereocenters. The van der Waals surface area contributed by atoms with Crippen molar-refractivity contribution in [3.8, 4) is 11.3 Å². The number of aromatic nitrogens is 1. The monoisotopic (exact) mass is 431 g/mol. The molecule has 0 saturated carbocycles. The molecule has 0 spiro atoms. The summed E-state index contributed by atoms with van der Waals surface area (Å²) in [4.78, 5) is 38.7. The number of amides is 1. The van der Waals surface area contributed by atoms with E-state index in [0.29, 0.717) is 5.69 Å². The first-order valence-corrected chi connectivity index (χ1v) is 9.53. The minimum absolute atomic E-state index is 0.0639. The highest BCUT2D eigenvalue weighted by Crippen LogP contribution is 2.25. The number of rotatable bonds is 6. The Bertz CT molecular complexity index is 1100. The minimum atomic E-state index is -0.855. The lowest BCUT2D eigenvalue weighted by Gasteiger charge is -2.08. The van der Waals surface area contributed by atoms with E-state index in [2.05, 4.69) is 10.3 Å². The molecular formula is C19H14ClN3O5S. The highest BCUT2D eigenvalue weighted by Gasteiger charge is 2.17. The van der Waals surface area contributed by atoms with Crippen molar-refractivity contribution in [1.29, 1.82) is 0 Å². The molecule has 3 rings (SSSR count). The van der Waals surface area contributed by atoms with Crippen LogP contribution < -0.4 is 5.32 Å². The normalized spacial score (nSPS) is 10.4. The van der Waals surface area contributed by atoms with E-state index < -0.39 is 23.4 Å². The summed E-state index contributed by atoms with van der Waals surface area (Å²) in [5.74, 6) is -1.39. The summed E-state index contributed by atoms with van der Waals surface area (Å²) in [7, 11) is 0. The Labute approximate surface area is 174 Å². The Morgan fingerprint density at radius 1 is 1.28 bits per heavy atom. The van der Waals surface area contributed by atoms with E-state index in [0.717, 1.165) is 28.4 Å². The van der Waals surface area contributed by atoms with Gasteiger partial charge in [-0.15, -0.1) is 11.3 Å². The summed E-state index contributed by atoms with van der Waals surface area (Å²) in [6.45, 7) is 1.37. The number of non-ortho nitro benzene ring substituents is 1. The third kappa shape index (κ3) is 5.15. The van der Waals surface area contributed by atoms with E-state index in [9.17, 15) is 19.7 Å². The highest BCUT2D eigenvalue weighted by atomic mass is 35.5. The average Bonchev–Trinajstić information content (AvgIpc) is 3.12. The molecule has 1 amide bonds. The van der Waals surface area contributed by atoms with Crippen LogP contribution in [0.4, 0.5) is 11.4 Å². The van der Waals surface area contributed by atoms with Crippen molar-refractivity contribution in [2.75, 3.05) is 11.9 Å². The first-order valence-electron chi connectivity index (χ1n) is 8.27. The number of thiazole rings is 1. The van der Waals surface area contributed by atoms with Crippen LogP contribution in [0.25, 0.3) is 11.3 Å². The van der Waals surface area contributed by atoms with Gasteiger partial charge >= 0.3 is 5.97 Å². The number of hydrogen-bond donors (Lipinski definition) is 1. The summed E-state index contributed by atoms with van der Waals surface area (Å²) in [6.07, 6.45) is 0. The van der Waals surface area contributed by atoms with Gasteiger partial charge in [-0.3, -0.25) is 14.9 Å². The highest BCUT2D eigenvalue weighted by molar-refractivity contribution is 7.09. The quantitative estimate of drug-likeness (QED) is 0.350. The number of nitro groups is 1. The van der Waals surface area contributed by atoms with E-state index in [1.807, 2.05) is 18.4 Å². The van der Waals surface area contributed by atoms with Crippen molar-refractivity contribution >= 4 is 46.2 Å². The van der Waals surface area contributed by atoms with Gasteiger partial charge in [0.1, 0.15) is 0 Å². The minimum Gasteiger partial charge on any atom is -0.452 e. The summed E-state index contributed by atoms with van der Waals surface area (Å²) in [5.41, 5.74) is 1.87. The van der Waals surface area contributed by atoms with Gasteiger partial charge in [0, 0.05) is 28.8 Å². The van der Waals surface area contributed by atoms with Crippen molar-refractivity contribution in [3.05, 3.63) is 73.6 Å². The molecule has 10 heteroatoms. The molecule has 0 saturated heterocycles. The molecule has 1 aromatic heterocycles. The van der Waals surface area contributed by atoms with Gasteiger partial charge in [0.25, 0.3) is 11.6 Å². The number of nitro benzene ring substituents is 1. The van der Waals surface area contributed by atoms with E-state index in [1.165, 1.54) is 17.4 Å². The lowest BCUT2D eigenvalue weighted by Crippen LogP contribution is -2.21. The maximum absolute atomic E-state index is 12.1. The number of anilines is 1. The summed E-state index contributed by atoms with van der Waals surface area (Å²) in [6, 6.07) is 10.5. The van der Waals surface area contributed by atoms with E-state index in [4.69, 9.17) is 16.3 Å².